The highest BCUT2D eigenvalue weighted by Gasteiger charge is 2.12. The molecule has 2 aromatic heterocycles. The van der Waals surface area contributed by atoms with Crippen LogP contribution < -0.4 is 16.2 Å². The molecule has 0 atom stereocenters. The Morgan fingerprint density at radius 1 is 1.06 bits per heavy atom. The van der Waals surface area contributed by atoms with E-state index in [2.05, 4.69) is 25.6 Å². The molecule has 0 aliphatic carbocycles. The van der Waals surface area contributed by atoms with Crippen LogP contribution in [0.25, 0.3) is 11.4 Å². The van der Waals surface area contributed by atoms with Gasteiger partial charge in [-0.15, -0.1) is 0 Å². The lowest BCUT2D eigenvalue weighted by Crippen LogP contribution is -2.25. The molecule has 0 aliphatic heterocycles. The van der Waals surface area contributed by atoms with Crippen molar-refractivity contribution in [2.24, 2.45) is 5.92 Å². The normalized spacial score (nSPS) is 10.8. The number of carbonyl (C=O) groups excluding carboxylic acids is 2. The highest BCUT2D eigenvalue weighted by Crippen LogP contribution is 2.14. The summed E-state index contributed by atoms with van der Waals surface area (Å²) in [6, 6.07) is 10.9. The fourth-order valence-corrected chi connectivity index (χ4v) is 3.07. The number of rotatable bonds is 8. The summed E-state index contributed by atoms with van der Waals surface area (Å²) in [6.45, 7) is 5.80. The highest BCUT2D eigenvalue weighted by atomic mass is 16.2. The molecule has 32 heavy (non-hydrogen) atoms. The summed E-state index contributed by atoms with van der Waals surface area (Å²) in [5.74, 6) is 0.196. The molecular formula is C24H27N5O3. The Hall–Kier alpha value is -3.81. The van der Waals surface area contributed by atoms with E-state index >= 15 is 0 Å². The SMILES string of the molecule is Cc1nc(-c2ccncc2)[nH]c(=O)c1CCC(=O)NCc1ccc(NC(=O)C(C)C)cc1. The van der Waals surface area contributed by atoms with Crippen LogP contribution in [0.15, 0.2) is 53.6 Å². The topological polar surface area (TPSA) is 117 Å². The molecule has 0 unspecified atom stereocenters. The summed E-state index contributed by atoms with van der Waals surface area (Å²) in [6.07, 6.45) is 3.76. The van der Waals surface area contributed by atoms with Crippen LogP contribution in [-0.2, 0) is 22.6 Å². The molecule has 3 N–H and O–H groups in total. The van der Waals surface area contributed by atoms with E-state index in [-0.39, 0.29) is 29.7 Å². The number of anilines is 1. The van der Waals surface area contributed by atoms with Crippen LogP contribution in [0.3, 0.4) is 0 Å². The Labute approximate surface area is 186 Å². The molecule has 1 aromatic carbocycles. The summed E-state index contributed by atoms with van der Waals surface area (Å²) in [5.41, 5.74) is 3.28. The van der Waals surface area contributed by atoms with Gasteiger partial charge in [0.25, 0.3) is 5.56 Å². The highest BCUT2D eigenvalue weighted by molar-refractivity contribution is 5.92. The number of hydrogen-bond acceptors (Lipinski definition) is 5. The quantitative estimate of drug-likeness (QED) is 0.505. The van der Waals surface area contributed by atoms with Crippen LogP contribution in [-0.4, -0.2) is 26.8 Å². The lowest BCUT2D eigenvalue weighted by Gasteiger charge is -2.10. The van der Waals surface area contributed by atoms with Crippen LogP contribution in [0.1, 0.15) is 37.1 Å². The van der Waals surface area contributed by atoms with Crippen molar-refractivity contribution in [1.29, 1.82) is 0 Å². The molecule has 0 saturated heterocycles. The maximum absolute atomic E-state index is 12.5. The van der Waals surface area contributed by atoms with E-state index in [0.717, 1.165) is 16.8 Å². The second-order valence-corrected chi connectivity index (χ2v) is 7.83. The second kappa shape index (κ2) is 10.5. The number of aromatic amines is 1. The summed E-state index contributed by atoms with van der Waals surface area (Å²) in [4.78, 5) is 47.7. The van der Waals surface area contributed by atoms with Crippen molar-refractivity contribution in [1.82, 2.24) is 20.3 Å². The third-order valence-corrected chi connectivity index (χ3v) is 5.01. The second-order valence-electron chi connectivity index (χ2n) is 7.83. The first kappa shape index (κ1) is 22.9. The molecule has 0 saturated carbocycles. The lowest BCUT2D eigenvalue weighted by atomic mass is 10.1. The lowest BCUT2D eigenvalue weighted by molar-refractivity contribution is -0.121. The Bertz CT molecular complexity index is 1140. The van der Waals surface area contributed by atoms with Gasteiger partial charge < -0.3 is 15.6 Å². The van der Waals surface area contributed by atoms with E-state index in [1.807, 2.05) is 26.0 Å². The average Bonchev–Trinajstić information content (AvgIpc) is 2.78. The van der Waals surface area contributed by atoms with Gasteiger partial charge in [-0.25, -0.2) is 4.98 Å². The predicted molar refractivity (Wildman–Crippen MR) is 123 cm³/mol. The van der Waals surface area contributed by atoms with Gasteiger partial charge in [0.2, 0.25) is 11.8 Å². The maximum atomic E-state index is 12.5. The number of carbonyl (C=O) groups is 2. The van der Waals surface area contributed by atoms with E-state index in [4.69, 9.17) is 0 Å². The van der Waals surface area contributed by atoms with E-state index in [0.29, 0.717) is 30.0 Å². The zero-order valence-corrected chi connectivity index (χ0v) is 18.4. The molecule has 166 valence electrons. The van der Waals surface area contributed by atoms with Crippen LogP contribution in [0.5, 0.6) is 0 Å². The van der Waals surface area contributed by atoms with Gasteiger partial charge in [-0.05, 0) is 43.2 Å². The molecule has 3 aromatic rings. The van der Waals surface area contributed by atoms with Gasteiger partial charge in [-0.3, -0.25) is 19.4 Å². The largest absolute Gasteiger partial charge is 0.352 e. The van der Waals surface area contributed by atoms with Gasteiger partial charge in [-0.2, -0.15) is 0 Å². The third kappa shape index (κ3) is 6.10. The number of aromatic nitrogens is 3. The predicted octanol–water partition coefficient (Wildman–Crippen LogP) is 2.98. The minimum absolute atomic E-state index is 0.0420. The average molecular weight is 434 g/mol. The van der Waals surface area contributed by atoms with E-state index < -0.39 is 0 Å². The van der Waals surface area contributed by atoms with Crippen LogP contribution in [0.4, 0.5) is 5.69 Å². The molecule has 0 aliphatic rings. The Morgan fingerprint density at radius 3 is 2.38 bits per heavy atom. The molecule has 0 spiro atoms. The van der Waals surface area contributed by atoms with E-state index in [1.165, 1.54) is 0 Å². The Balaban J connectivity index is 1.53. The number of nitrogens with zero attached hydrogens (tertiary/aromatic N) is 2. The minimum Gasteiger partial charge on any atom is -0.352 e. The third-order valence-electron chi connectivity index (χ3n) is 5.01. The molecule has 2 heterocycles. The standard InChI is InChI=1S/C24H27N5O3/c1-15(2)23(31)28-19-6-4-17(5-7-19)14-26-21(30)9-8-20-16(3)27-22(29-24(20)32)18-10-12-25-13-11-18/h4-7,10-13,15H,8-9,14H2,1-3H3,(H,26,30)(H,28,31)(H,27,29,32). The maximum Gasteiger partial charge on any atom is 0.254 e. The Morgan fingerprint density at radius 2 is 1.75 bits per heavy atom. The van der Waals surface area contributed by atoms with Gasteiger partial charge in [-0.1, -0.05) is 26.0 Å². The zero-order chi connectivity index (χ0) is 23.1. The van der Waals surface area contributed by atoms with Crippen molar-refractivity contribution in [3.63, 3.8) is 0 Å². The number of nitrogens with one attached hydrogen (secondary N) is 3. The number of benzene rings is 1. The van der Waals surface area contributed by atoms with Crippen LogP contribution in [0, 0.1) is 12.8 Å². The smallest absolute Gasteiger partial charge is 0.254 e. The van der Waals surface area contributed by atoms with Crippen molar-refractivity contribution in [2.45, 2.75) is 40.2 Å². The first-order chi connectivity index (χ1) is 15.3. The van der Waals surface area contributed by atoms with Crippen molar-refractivity contribution >= 4 is 17.5 Å². The molecule has 3 rings (SSSR count). The van der Waals surface area contributed by atoms with Crippen molar-refractivity contribution in [3.05, 3.63) is 76.0 Å². The molecular weight excluding hydrogens is 406 g/mol. The molecule has 0 radical (unpaired) electrons. The summed E-state index contributed by atoms with van der Waals surface area (Å²) < 4.78 is 0. The van der Waals surface area contributed by atoms with Crippen LogP contribution in [0.2, 0.25) is 0 Å². The fourth-order valence-electron chi connectivity index (χ4n) is 3.07. The van der Waals surface area contributed by atoms with Crippen molar-refractivity contribution in [3.8, 4) is 11.4 Å². The van der Waals surface area contributed by atoms with Crippen molar-refractivity contribution in [2.75, 3.05) is 5.32 Å². The number of aryl methyl sites for hydroxylation is 1. The minimum atomic E-state index is -0.240. The number of H-pyrrole nitrogens is 1. The first-order valence-electron chi connectivity index (χ1n) is 10.5. The summed E-state index contributed by atoms with van der Waals surface area (Å²) >= 11 is 0. The molecule has 0 bridgehead atoms. The molecule has 8 nitrogen and oxygen atoms in total. The van der Waals surface area contributed by atoms with Crippen LogP contribution >= 0.6 is 0 Å². The van der Waals surface area contributed by atoms with Crippen molar-refractivity contribution < 1.29 is 9.59 Å². The fraction of sp³-hybridized carbons (Fsp3) is 0.292. The zero-order valence-electron chi connectivity index (χ0n) is 18.4. The van der Waals surface area contributed by atoms with Gasteiger partial charge in [0.05, 0.1) is 0 Å². The summed E-state index contributed by atoms with van der Waals surface area (Å²) in [7, 11) is 0. The van der Waals surface area contributed by atoms with Gasteiger partial charge >= 0.3 is 0 Å². The molecule has 8 heteroatoms. The number of hydrogen-bond donors (Lipinski definition) is 3. The Kier molecular flexibility index (Phi) is 7.49. The summed E-state index contributed by atoms with van der Waals surface area (Å²) in [5, 5.41) is 5.69. The monoisotopic (exact) mass is 433 g/mol. The number of amides is 2. The molecule has 2 amide bonds. The number of pyridine rings is 1. The van der Waals surface area contributed by atoms with Gasteiger partial charge in [0, 0.05) is 53.8 Å². The van der Waals surface area contributed by atoms with Gasteiger partial charge in [0.1, 0.15) is 5.82 Å². The van der Waals surface area contributed by atoms with E-state index in [1.54, 1.807) is 43.6 Å². The molecule has 0 fully saturated rings. The van der Waals surface area contributed by atoms with E-state index in [9.17, 15) is 14.4 Å². The van der Waals surface area contributed by atoms with Gasteiger partial charge in [0.15, 0.2) is 0 Å². The first-order valence-corrected chi connectivity index (χ1v) is 10.5.